The van der Waals surface area contributed by atoms with E-state index >= 15 is 0 Å². The molecule has 23 heavy (non-hydrogen) atoms. The summed E-state index contributed by atoms with van der Waals surface area (Å²) >= 11 is 0. The summed E-state index contributed by atoms with van der Waals surface area (Å²) in [5, 5.41) is 3.15. The van der Waals surface area contributed by atoms with Gasteiger partial charge in [-0.25, -0.2) is 11.7 Å². The van der Waals surface area contributed by atoms with Crippen molar-refractivity contribution in [1.29, 1.82) is 0 Å². The molecule has 0 radical (unpaired) electrons. The Hall–Kier alpha value is -2.58. The molecule has 2 rings (SSSR count). The van der Waals surface area contributed by atoms with Gasteiger partial charge in [-0.15, -0.1) is 0 Å². The van der Waals surface area contributed by atoms with Gasteiger partial charge in [-0.05, 0) is 23.1 Å². The third-order valence-corrected chi connectivity index (χ3v) is 3.33. The van der Waals surface area contributed by atoms with Crippen molar-refractivity contribution in [2.75, 3.05) is 23.3 Å². The smallest absolute Gasteiger partial charge is 0.231 e. The monoisotopic (exact) mass is 317 g/mol. The van der Waals surface area contributed by atoms with Gasteiger partial charge in [0.2, 0.25) is 5.95 Å². The summed E-state index contributed by atoms with van der Waals surface area (Å²) in [7, 11) is 1.61. The zero-order valence-corrected chi connectivity index (χ0v) is 13.8. The van der Waals surface area contributed by atoms with E-state index in [0.717, 1.165) is 11.3 Å². The zero-order chi connectivity index (χ0) is 17.0. The van der Waals surface area contributed by atoms with E-state index in [0.29, 0.717) is 23.3 Å². The van der Waals surface area contributed by atoms with Gasteiger partial charge in [-0.3, -0.25) is 0 Å². The predicted molar refractivity (Wildman–Crippen MR) is 92.6 cm³/mol. The Balaban J connectivity index is 2.42. The van der Waals surface area contributed by atoms with Crippen LogP contribution in [0.2, 0.25) is 0 Å². The average Bonchev–Trinajstić information content (AvgIpc) is 2.53. The van der Waals surface area contributed by atoms with Crippen LogP contribution in [0.5, 0.6) is 5.75 Å². The van der Waals surface area contributed by atoms with Crippen molar-refractivity contribution in [3.8, 4) is 5.75 Å². The van der Waals surface area contributed by atoms with Crippen molar-refractivity contribution >= 4 is 23.3 Å². The lowest BCUT2D eigenvalue weighted by molar-refractivity contribution is 0.416. The fourth-order valence-electron chi connectivity index (χ4n) is 2.04. The van der Waals surface area contributed by atoms with E-state index < -0.39 is 0 Å². The number of rotatable bonds is 5. The molecule has 0 amide bonds. The number of methoxy groups -OCH3 is 1. The van der Waals surface area contributed by atoms with Gasteiger partial charge in [-0.1, -0.05) is 26.8 Å². The molecule has 0 saturated carbocycles. The van der Waals surface area contributed by atoms with Crippen LogP contribution < -0.4 is 32.6 Å². The largest absolute Gasteiger partial charge is 0.495 e. The first-order chi connectivity index (χ1) is 10.9. The Morgan fingerprint density at radius 2 is 1.61 bits per heavy atom. The summed E-state index contributed by atoms with van der Waals surface area (Å²) in [5.74, 6) is 12.7. The minimum Gasteiger partial charge on any atom is -0.495 e. The van der Waals surface area contributed by atoms with Gasteiger partial charge in [0, 0.05) is 6.07 Å². The molecule has 8 heteroatoms. The topological polar surface area (TPSA) is 123 Å². The van der Waals surface area contributed by atoms with E-state index in [4.69, 9.17) is 16.4 Å². The van der Waals surface area contributed by atoms with Crippen LogP contribution >= 0.6 is 0 Å². The fraction of sp³-hybridized carbons (Fsp3) is 0.333. The second kappa shape index (κ2) is 6.67. The Labute approximate surface area is 135 Å². The Kier molecular flexibility index (Phi) is 4.87. The highest BCUT2D eigenvalue weighted by atomic mass is 16.5. The van der Waals surface area contributed by atoms with E-state index in [-0.39, 0.29) is 5.41 Å². The molecule has 2 aromatic rings. The molecule has 1 aromatic heterocycles. The summed E-state index contributed by atoms with van der Waals surface area (Å²) in [6.45, 7) is 6.43. The number of aromatic nitrogens is 2. The number of nitrogen functional groups attached to an aromatic ring is 2. The van der Waals surface area contributed by atoms with Gasteiger partial charge in [0.05, 0.1) is 12.8 Å². The van der Waals surface area contributed by atoms with Crippen molar-refractivity contribution in [3.05, 3.63) is 29.8 Å². The minimum atomic E-state index is 0.00813. The molecule has 0 spiro atoms. The molecular formula is C15H23N7O. The lowest BCUT2D eigenvalue weighted by atomic mass is 9.87. The third-order valence-electron chi connectivity index (χ3n) is 3.33. The molecule has 124 valence electrons. The number of ether oxygens (including phenoxy) is 1. The van der Waals surface area contributed by atoms with Crippen molar-refractivity contribution < 1.29 is 4.74 Å². The molecule has 0 unspecified atom stereocenters. The molecule has 7 N–H and O–H groups in total. The number of anilines is 4. The predicted octanol–water partition coefficient (Wildman–Crippen LogP) is 2.10. The number of nitrogens with two attached hydrogens (primary N) is 2. The van der Waals surface area contributed by atoms with Crippen LogP contribution in [0.3, 0.4) is 0 Å². The summed E-state index contributed by atoms with van der Waals surface area (Å²) in [4.78, 5) is 8.51. The first-order valence-electron chi connectivity index (χ1n) is 7.15. The SMILES string of the molecule is COc1ccc(C(C)(C)C)cc1Nc1nc(NN)cc(NN)n1. The van der Waals surface area contributed by atoms with Crippen LogP contribution in [-0.4, -0.2) is 17.1 Å². The fourth-order valence-corrected chi connectivity index (χ4v) is 2.04. The van der Waals surface area contributed by atoms with E-state index in [1.54, 1.807) is 13.2 Å². The Morgan fingerprint density at radius 3 is 2.09 bits per heavy atom. The van der Waals surface area contributed by atoms with Crippen LogP contribution in [0.25, 0.3) is 0 Å². The van der Waals surface area contributed by atoms with Crippen molar-refractivity contribution in [2.45, 2.75) is 26.2 Å². The van der Waals surface area contributed by atoms with Crippen molar-refractivity contribution in [3.63, 3.8) is 0 Å². The van der Waals surface area contributed by atoms with Gasteiger partial charge < -0.3 is 20.9 Å². The Bertz CT molecular complexity index is 660. The van der Waals surface area contributed by atoms with Crippen LogP contribution in [0.4, 0.5) is 23.3 Å². The lowest BCUT2D eigenvalue weighted by Gasteiger charge is -2.21. The van der Waals surface area contributed by atoms with Gasteiger partial charge in [0.15, 0.2) is 0 Å². The van der Waals surface area contributed by atoms with Crippen LogP contribution in [0.1, 0.15) is 26.3 Å². The summed E-state index contributed by atoms with van der Waals surface area (Å²) in [6.07, 6.45) is 0. The molecule has 0 aliphatic heterocycles. The Morgan fingerprint density at radius 1 is 1.00 bits per heavy atom. The third kappa shape index (κ3) is 3.99. The number of nitrogens with zero attached hydrogens (tertiary/aromatic N) is 2. The zero-order valence-electron chi connectivity index (χ0n) is 13.8. The van der Waals surface area contributed by atoms with E-state index in [2.05, 4.69) is 46.9 Å². The van der Waals surface area contributed by atoms with Crippen LogP contribution in [0.15, 0.2) is 24.3 Å². The van der Waals surface area contributed by atoms with E-state index in [9.17, 15) is 0 Å². The van der Waals surface area contributed by atoms with Crippen LogP contribution in [0, 0.1) is 0 Å². The normalized spacial score (nSPS) is 11.0. The van der Waals surface area contributed by atoms with Gasteiger partial charge in [0.25, 0.3) is 0 Å². The number of hydrogen-bond donors (Lipinski definition) is 5. The molecule has 0 aliphatic carbocycles. The second-order valence-electron chi connectivity index (χ2n) is 6.04. The maximum Gasteiger partial charge on any atom is 0.231 e. The molecule has 0 fully saturated rings. The van der Waals surface area contributed by atoms with E-state index in [1.807, 2.05) is 18.2 Å². The highest BCUT2D eigenvalue weighted by molar-refractivity contribution is 5.66. The molecular weight excluding hydrogens is 294 g/mol. The summed E-state index contributed by atoms with van der Waals surface area (Å²) < 4.78 is 5.40. The molecule has 0 aliphatic rings. The average molecular weight is 317 g/mol. The first kappa shape index (κ1) is 16.8. The first-order valence-corrected chi connectivity index (χ1v) is 7.15. The molecule has 1 aromatic carbocycles. The maximum absolute atomic E-state index is 5.41. The van der Waals surface area contributed by atoms with Gasteiger partial charge >= 0.3 is 0 Å². The number of nitrogens with one attached hydrogen (secondary N) is 3. The quantitative estimate of drug-likeness (QED) is 0.419. The highest BCUT2D eigenvalue weighted by Crippen LogP contribution is 2.33. The van der Waals surface area contributed by atoms with E-state index in [1.165, 1.54) is 0 Å². The molecule has 1 heterocycles. The maximum atomic E-state index is 5.41. The number of hydrogen-bond acceptors (Lipinski definition) is 8. The number of benzene rings is 1. The van der Waals surface area contributed by atoms with Crippen molar-refractivity contribution in [1.82, 2.24) is 9.97 Å². The minimum absolute atomic E-state index is 0.00813. The summed E-state index contributed by atoms with van der Waals surface area (Å²) in [5.41, 5.74) is 6.88. The molecule has 0 bridgehead atoms. The van der Waals surface area contributed by atoms with Crippen LogP contribution in [-0.2, 0) is 5.41 Å². The number of hydrazine groups is 2. The summed E-state index contributed by atoms with van der Waals surface area (Å²) in [6, 6.07) is 7.56. The molecule has 8 nitrogen and oxygen atoms in total. The molecule has 0 atom stereocenters. The van der Waals surface area contributed by atoms with Gasteiger partial charge in [0.1, 0.15) is 17.4 Å². The second-order valence-corrected chi connectivity index (χ2v) is 6.04. The van der Waals surface area contributed by atoms with Gasteiger partial charge in [-0.2, -0.15) is 9.97 Å². The molecule has 0 saturated heterocycles. The lowest BCUT2D eigenvalue weighted by Crippen LogP contribution is -2.15. The highest BCUT2D eigenvalue weighted by Gasteiger charge is 2.16. The standard InChI is InChI=1S/C15H23N7O/c1-15(2,3)9-5-6-11(23-4)10(7-9)18-14-19-12(21-16)8-13(20-14)22-17/h5-8H,16-17H2,1-4H3,(H3,18,19,20,21,22). The van der Waals surface area contributed by atoms with Crippen molar-refractivity contribution in [2.24, 2.45) is 11.7 Å².